The van der Waals surface area contributed by atoms with Crippen molar-refractivity contribution in [1.29, 1.82) is 0 Å². The maximum Gasteiger partial charge on any atom is 0.0255 e. The lowest BCUT2D eigenvalue weighted by molar-refractivity contribution is 0.274. The van der Waals surface area contributed by atoms with Crippen LogP contribution in [0.2, 0.25) is 0 Å². The Hall–Kier alpha value is -0.0800. The van der Waals surface area contributed by atoms with Gasteiger partial charge in [0.15, 0.2) is 0 Å². The van der Waals surface area contributed by atoms with E-state index in [1.807, 2.05) is 0 Å². The second kappa shape index (κ2) is 6.49. The van der Waals surface area contributed by atoms with E-state index in [4.69, 9.17) is 5.73 Å². The molecular weight excluding hydrogens is 184 g/mol. The predicted molar refractivity (Wildman–Crippen MR) is 66.9 cm³/mol. The first-order valence-electron chi connectivity index (χ1n) is 6.68. The standard InChI is InChI=1S/C13H28N2/c1-4-6-11(3)12(7-5-2)13-10-15(13)9-8-14/h11-13H,4-10,14H2,1-3H3. The molecule has 1 fully saturated rings. The van der Waals surface area contributed by atoms with Gasteiger partial charge in [-0.2, -0.15) is 0 Å². The number of nitrogens with two attached hydrogens (primary N) is 1. The van der Waals surface area contributed by atoms with Crippen molar-refractivity contribution in [2.75, 3.05) is 19.6 Å². The fourth-order valence-corrected chi connectivity index (χ4v) is 2.88. The second-order valence-corrected chi connectivity index (χ2v) is 5.07. The molecule has 15 heavy (non-hydrogen) atoms. The van der Waals surface area contributed by atoms with Gasteiger partial charge in [-0.1, -0.05) is 40.0 Å². The van der Waals surface area contributed by atoms with Crippen molar-refractivity contribution in [2.45, 2.75) is 52.5 Å². The van der Waals surface area contributed by atoms with Crippen LogP contribution in [0.15, 0.2) is 0 Å². The summed E-state index contributed by atoms with van der Waals surface area (Å²) < 4.78 is 0. The average Bonchev–Trinajstić information content (AvgIpc) is 2.94. The van der Waals surface area contributed by atoms with Crippen molar-refractivity contribution in [2.24, 2.45) is 17.6 Å². The lowest BCUT2D eigenvalue weighted by Crippen LogP contribution is -2.23. The molecule has 1 aliphatic heterocycles. The van der Waals surface area contributed by atoms with Gasteiger partial charge in [0.1, 0.15) is 0 Å². The third-order valence-electron chi connectivity index (χ3n) is 3.76. The topological polar surface area (TPSA) is 29.0 Å². The summed E-state index contributed by atoms with van der Waals surface area (Å²) >= 11 is 0. The van der Waals surface area contributed by atoms with E-state index < -0.39 is 0 Å². The van der Waals surface area contributed by atoms with Gasteiger partial charge in [0.2, 0.25) is 0 Å². The lowest BCUT2D eigenvalue weighted by atomic mass is 9.84. The lowest BCUT2D eigenvalue weighted by Gasteiger charge is -2.23. The van der Waals surface area contributed by atoms with E-state index in [-0.39, 0.29) is 0 Å². The van der Waals surface area contributed by atoms with Crippen LogP contribution in [0.5, 0.6) is 0 Å². The van der Waals surface area contributed by atoms with Gasteiger partial charge in [-0.3, -0.25) is 4.90 Å². The summed E-state index contributed by atoms with van der Waals surface area (Å²) in [7, 11) is 0. The van der Waals surface area contributed by atoms with E-state index in [1.54, 1.807) is 0 Å². The van der Waals surface area contributed by atoms with E-state index in [0.29, 0.717) is 0 Å². The zero-order chi connectivity index (χ0) is 11.3. The van der Waals surface area contributed by atoms with Gasteiger partial charge in [0, 0.05) is 25.7 Å². The summed E-state index contributed by atoms with van der Waals surface area (Å²) in [5.41, 5.74) is 5.60. The molecule has 0 spiro atoms. The molecule has 4 unspecified atom stereocenters. The zero-order valence-corrected chi connectivity index (χ0v) is 10.7. The average molecular weight is 212 g/mol. The van der Waals surface area contributed by atoms with Gasteiger partial charge in [-0.25, -0.2) is 0 Å². The van der Waals surface area contributed by atoms with Gasteiger partial charge in [-0.15, -0.1) is 0 Å². The first kappa shape index (κ1) is 13.0. The van der Waals surface area contributed by atoms with Crippen LogP contribution in [0.3, 0.4) is 0 Å². The Kier molecular flexibility index (Phi) is 5.62. The fraction of sp³-hybridized carbons (Fsp3) is 1.00. The van der Waals surface area contributed by atoms with E-state index in [1.165, 1.54) is 32.2 Å². The van der Waals surface area contributed by atoms with Crippen LogP contribution in [-0.4, -0.2) is 30.6 Å². The first-order chi connectivity index (χ1) is 7.24. The highest BCUT2D eigenvalue weighted by Crippen LogP contribution is 2.35. The van der Waals surface area contributed by atoms with E-state index in [0.717, 1.165) is 31.0 Å². The molecule has 0 aliphatic carbocycles. The number of hydrogen-bond acceptors (Lipinski definition) is 2. The molecule has 0 radical (unpaired) electrons. The molecule has 0 aromatic rings. The van der Waals surface area contributed by atoms with Crippen molar-refractivity contribution in [3.63, 3.8) is 0 Å². The minimum atomic E-state index is 0.817. The summed E-state index contributed by atoms with van der Waals surface area (Å²) in [6, 6.07) is 0.857. The molecule has 0 bridgehead atoms. The molecule has 1 heterocycles. The summed E-state index contributed by atoms with van der Waals surface area (Å²) in [6.07, 6.45) is 5.43. The molecule has 0 aromatic heterocycles. The number of hydrogen-bond donors (Lipinski definition) is 1. The van der Waals surface area contributed by atoms with Crippen molar-refractivity contribution in [3.8, 4) is 0 Å². The molecule has 1 rings (SSSR count). The molecular formula is C13H28N2. The molecule has 90 valence electrons. The van der Waals surface area contributed by atoms with Crippen LogP contribution in [-0.2, 0) is 0 Å². The Bertz CT molecular complexity index is 170. The molecule has 4 atom stereocenters. The van der Waals surface area contributed by atoms with Crippen molar-refractivity contribution < 1.29 is 0 Å². The van der Waals surface area contributed by atoms with Crippen molar-refractivity contribution in [3.05, 3.63) is 0 Å². The van der Waals surface area contributed by atoms with Crippen LogP contribution in [0.4, 0.5) is 0 Å². The Balaban J connectivity index is 2.37. The van der Waals surface area contributed by atoms with E-state index >= 15 is 0 Å². The summed E-state index contributed by atoms with van der Waals surface area (Å²) in [4.78, 5) is 2.55. The molecule has 2 heteroatoms. The van der Waals surface area contributed by atoms with Crippen LogP contribution in [0, 0.1) is 11.8 Å². The minimum Gasteiger partial charge on any atom is -0.329 e. The number of rotatable bonds is 8. The molecule has 2 N–H and O–H groups in total. The smallest absolute Gasteiger partial charge is 0.0255 e. The molecule has 0 amide bonds. The normalized spacial score (nSPS) is 28.8. The monoisotopic (exact) mass is 212 g/mol. The third kappa shape index (κ3) is 3.76. The van der Waals surface area contributed by atoms with E-state index in [2.05, 4.69) is 25.7 Å². The maximum absolute atomic E-state index is 5.60. The fourth-order valence-electron chi connectivity index (χ4n) is 2.88. The summed E-state index contributed by atoms with van der Waals surface area (Å²) in [6.45, 7) is 10.3. The molecule has 0 aromatic carbocycles. The zero-order valence-electron chi connectivity index (χ0n) is 10.7. The van der Waals surface area contributed by atoms with Gasteiger partial charge in [0.25, 0.3) is 0 Å². The Morgan fingerprint density at radius 2 is 1.93 bits per heavy atom. The van der Waals surface area contributed by atoms with Crippen LogP contribution < -0.4 is 5.73 Å². The Morgan fingerprint density at radius 1 is 1.27 bits per heavy atom. The summed E-state index contributed by atoms with van der Waals surface area (Å²) in [5, 5.41) is 0. The van der Waals surface area contributed by atoms with Gasteiger partial charge < -0.3 is 5.73 Å². The van der Waals surface area contributed by atoms with Crippen LogP contribution in [0.25, 0.3) is 0 Å². The van der Waals surface area contributed by atoms with Crippen LogP contribution >= 0.6 is 0 Å². The SMILES string of the molecule is CCCC(C)C(CCC)C1CN1CCN. The van der Waals surface area contributed by atoms with Gasteiger partial charge >= 0.3 is 0 Å². The van der Waals surface area contributed by atoms with Crippen LogP contribution in [0.1, 0.15) is 46.5 Å². The quantitative estimate of drug-likeness (QED) is 0.626. The highest BCUT2D eigenvalue weighted by Gasteiger charge is 2.40. The molecule has 1 aliphatic rings. The van der Waals surface area contributed by atoms with E-state index in [9.17, 15) is 0 Å². The third-order valence-corrected chi connectivity index (χ3v) is 3.76. The molecule has 1 saturated heterocycles. The Morgan fingerprint density at radius 3 is 2.47 bits per heavy atom. The largest absolute Gasteiger partial charge is 0.329 e. The van der Waals surface area contributed by atoms with Crippen molar-refractivity contribution >= 4 is 0 Å². The number of nitrogens with zero attached hydrogens (tertiary/aromatic N) is 1. The second-order valence-electron chi connectivity index (χ2n) is 5.07. The highest BCUT2D eigenvalue weighted by molar-refractivity contribution is 4.95. The first-order valence-corrected chi connectivity index (χ1v) is 6.68. The summed E-state index contributed by atoms with van der Waals surface area (Å²) in [5.74, 6) is 1.81. The predicted octanol–water partition coefficient (Wildman–Crippen LogP) is 2.48. The highest BCUT2D eigenvalue weighted by atomic mass is 15.3. The Labute approximate surface area is 95.2 Å². The molecule has 2 nitrogen and oxygen atoms in total. The maximum atomic E-state index is 5.60. The van der Waals surface area contributed by atoms with Crippen molar-refractivity contribution in [1.82, 2.24) is 4.90 Å². The molecule has 0 saturated carbocycles. The van der Waals surface area contributed by atoms with Gasteiger partial charge in [0.05, 0.1) is 0 Å². The van der Waals surface area contributed by atoms with Gasteiger partial charge in [-0.05, 0) is 18.3 Å². The minimum absolute atomic E-state index is 0.817.